The van der Waals surface area contributed by atoms with Crippen LogP contribution in [0.15, 0.2) is 54.6 Å². The second-order valence-corrected chi connectivity index (χ2v) is 7.56. The number of carbonyl (C=O) groups is 1. The molecule has 128 valence electrons. The third-order valence-corrected chi connectivity index (χ3v) is 5.24. The van der Waals surface area contributed by atoms with Crippen LogP contribution >= 0.6 is 0 Å². The predicted octanol–water partition coefficient (Wildman–Crippen LogP) is 2.62. The zero-order valence-electron chi connectivity index (χ0n) is 13.3. The number of carbonyl (C=O) groups excluding carboxylic acids is 1. The smallest absolute Gasteiger partial charge is 0.225 e. The number of benzene rings is 2. The topological polar surface area (TPSA) is 66.5 Å². The minimum atomic E-state index is -3.54. The van der Waals surface area contributed by atoms with Crippen LogP contribution in [0.25, 0.3) is 0 Å². The van der Waals surface area contributed by atoms with Crippen molar-refractivity contribution in [2.75, 3.05) is 18.1 Å². The molecule has 5 nitrogen and oxygen atoms in total. The van der Waals surface area contributed by atoms with E-state index in [2.05, 4.69) is 5.32 Å². The summed E-state index contributed by atoms with van der Waals surface area (Å²) in [6.45, 7) is 0.253. The van der Waals surface area contributed by atoms with Crippen LogP contribution in [0.3, 0.4) is 0 Å². The first-order chi connectivity index (χ1) is 11.4. The molecule has 0 fully saturated rings. The van der Waals surface area contributed by atoms with Gasteiger partial charge in [-0.2, -0.15) is 0 Å². The fourth-order valence-electron chi connectivity index (χ4n) is 2.07. The third kappa shape index (κ3) is 5.43. The maximum Gasteiger partial charge on any atom is 0.225 e. The van der Waals surface area contributed by atoms with Crippen LogP contribution in [0.1, 0.15) is 12.0 Å². The Morgan fingerprint density at radius 1 is 1.08 bits per heavy atom. The highest BCUT2D eigenvalue weighted by molar-refractivity contribution is 7.89. The normalized spacial score (nSPS) is 11.5. The first-order valence-electron chi connectivity index (χ1n) is 7.40. The number of nitrogens with one attached hydrogen (secondary N) is 1. The third-order valence-electron chi connectivity index (χ3n) is 3.44. The average molecular weight is 350 g/mol. The zero-order chi connectivity index (χ0) is 17.6. The van der Waals surface area contributed by atoms with Crippen molar-refractivity contribution in [3.8, 4) is 0 Å². The zero-order valence-corrected chi connectivity index (χ0v) is 14.1. The van der Waals surface area contributed by atoms with E-state index in [1.54, 1.807) is 0 Å². The van der Waals surface area contributed by atoms with Gasteiger partial charge in [-0.1, -0.05) is 30.3 Å². The van der Waals surface area contributed by atoms with Gasteiger partial charge in [0.15, 0.2) is 0 Å². The van der Waals surface area contributed by atoms with Gasteiger partial charge in [0, 0.05) is 25.7 Å². The van der Waals surface area contributed by atoms with Gasteiger partial charge in [0.25, 0.3) is 0 Å². The second-order valence-electron chi connectivity index (χ2n) is 5.36. The van der Waals surface area contributed by atoms with E-state index in [0.29, 0.717) is 5.69 Å². The predicted molar refractivity (Wildman–Crippen MR) is 91.3 cm³/mol. The molecule has 0 saturated heterocycles. The Morgan fingerprint density at radius 3 is 2.33 bits per heavy atom. The molecule has 0 aliphatic carbocycles. The van der Waals surface area contributed by atoms with E-state index < -0.39 is 21.7 Å². The summed E-state index contributed by atoms with van der Waals surface area (Å²) < 4.78 is 38.5. The molecular formula is C17H19FN2O3S. The highest BCUT2D eigenvalue weighted by Gasteiger charge is 2.19. The minimum Gasteiger partial charge on any atom is -0.326 e. The molecule has 7 heteroatoms. The Kier molecular flexibility index (Phi) is 6.05. The Hall–Kier alpha value is -2.25. The van der Waals surface area contributed by atoms with Crippen molar-refractivity contribution in [3.05, 3.63) is 66.0 Å². The molecule has 2 aromatic rings. The molecule has 0 saturated carbocycles. The molecule has 0 aliphatic heterocycles. The van der Waals surface area contributed by atoms with Crippen molar-refractivity contribution in [2.45, 2.75) is 13.0 Å². The van der Waals surface area contributed by atoms with Crippen molar-refractivity contribution in [1.82, 2.24) is 4.31 Å². The number of rotatable bonds is 7. The van der Waals surface area contributed by atoms with Gasteiger partial charge >= 0.3 is 0 Å². The van der Waals surface area contributed by atoms with Gasteiger partial charge in [0.05, 0.1) is 5.75 Å². The van der Waals surface area contributed by atoms with Crippen molar-refractivity contribution in [1.29, 1.82) is 0 Å². The largest absolute Gasteiger partial charge is 0.326 e. The van der Waals surface area contributed by atoms with Crippen LogP contribution in [0, 0.1) is 5.82 Å². The number of hydrogen-bond acceptors (Lipinski definition) is 3. The number of amides is 1. The molecule has 0 aromatic heterocycles. The van der Waals surface area contributed by atoms with Crippen LogP contribution in [0.4, 0.5) is 10.1 Å². The summed E-state index contributed by atoms with van der Waals surface area (Å²) in [5, 5.41) is 2.54. The van der Waals surface area contributed by atoms with Crippen molar-refractivity contribution in [2.24, 2.45) is 0 Å². The van der Waals surface area contributed by atoms with E-state index in [9.17, 15) is 17.6 Å². The molecule has 0 bridgehead atoms. The molecule has 2 aromatic carbocycles. The fourth-order valence-corrected chi connectivity index (χ4v) is 3.17. The van der Waals surface area contributed by atoms with E-state index in [4.69, 9.17) is 0 Å². The fraction of sp³-hybridized carbons (Fsp3) is 0.235. The summed E-state index contributed by atoms with van der Waals surface area (Å²) in [5.41, 5.74) is 1.30. The molecule has 1 amide bonds. The summed E-state index contributed by atoms with van der Waals surface area (Å²) in [6, 6.07) is 14.5. The molecule has 1 N–H and O–H groups in total. The molecule has 0 aliphatic rings. The molecule has 0 unspecified atom stereocenters. The van der Waals surface area contributed by atoms with Gasteiger partial charge in [-0.05, 0) is 29.8 Å². The van der Waals surface area contributed by atoms with E-state index in [-0.39, 0.29) is 18.7 Å². The van der Waals surface area contributed by atoms with Crippen LogP contribution < -0.4 is 5.32 Å². The van der Waals surface area contributed by atoms with Gasteiger partial charge in [0.1, 0.15) is 5.82 Å². The number of anilines is 1. The molecule has 0 radical (unpaired) electrons. The summed E-state index contributed by atoms with van der Waals surface area (Å²) in [7, 11) is -2.05. The summed E-state index contributed by atoms with van der Waals surface area (Å²) >= 11 is 0. The maximum atomic E-state index is 12.8. The van der Waals surface area contributed by atoms with Gasteiger partial charge in [-0.15, -0.1) is 0 Å². The Labute approximate surface area is 141 Å². The minimum absolute atomic E-state index is 0.168. The van der Waals surface area contributed by atoms with E-state index in [1.807, 2.05) is 30.3 Å². The lowest BCUT2D eigenvalue weighted by atomic mass is 10.2. The number of sulfonamides is 1. The van der Waals surface area contributed by atoms with Crippen molar-refractivity contribution >= 4 is 21.6 Å². The maximum absolute atomic E-state index is 12.8. The van der Waals surface area contributed by atoms with Gasteiger partial charge < -0.3 is 5.32 Å². The molecule has 2 rings (SSSR count). The number of nitrogens with zero attached hydrogens (tertiary/aromatic N) is 1. The van der Waals surface area contributed by atoms with Crippen LogP contribution in [-0.4, -0.2) is 31.4 Å². The van der Waals surface area contributed by atoms with Crippen LogP contribution in [0.2, 0.25) is 0 Å². The SMILES string of the molecule is CN(Cc1ccccc1)S(=O)(=O)CCC(=O)Nc1ccc(F)cc1. The Balaban J connectivity index is 1.87. The lowest BCUT2D eigenvalue weighted by Gasteiger charge is -2.17. The quantitative estimate of drug-likeness (QED) is 0.835. The second kappa shape index (κ2) is 8.03. The van der Waals surface area contributed by atoms with Crippen LogP contribution in [0.5, 0.6) is 0 Å². The number of hydrogen-bond donors (Lipinski definition) is 1. The van der Waals surface area contributed by atoms with Gasteiger partial charge in [0.2, 0.25) is 15.9 Å². The van der Waals surface area contributed by atoms with E-state index in [0.717, 1.165) is 5.56 Å². The average Bonchev–Trinajstić information content (AvgIpc) is 2.56. The standard InChI is InChI=1S/C17H19FN2O3S/c1-20(13-14-5-3-2-4-6-14)24(22,23)12-11-17(21)19-16-9-7-15(18)8-10-16/h2-10H,11-13H2,1H3,(H,19,21). The molecular weight excluding hydrogens is 331 g/mol. The highest BCUT2D eigenvalue weighted by atomic mass is 32.2. The monoisotopic (exact) mass is 350 g/mol. The van der Waals surface area contributed by atoms with Gasteiger partial charge in [-0.3, -0.25) is 4.79 Å². The first kappa shape index (κ1) is 18.1. The summed E-state index contributed by atoms with van der Waals surface area (Å²) in [5.74, 6) is -1.12. The number of halogens is 1. The summed E-state index contributed by atoms with van der Waals surface area (Å²) in [6.07, 6.45) is -0.168. The van der Waals surface area contributed by atoms with Crippen molar-refractivity contribution in [3.63, 3.8) is 0 Å². The highest BCUT2D eigenvalue weighted by Crippen LogP contribution is 2.11. The molecule has 24 heavy (non-hydrogen) atoms. The molecule has 0 spiro atoms. The van der Waals surface area contributed by atoms with Crippen molar-refractivity contribution < 1.29 is 17.6 Å². The Bertz CT molecular complexity index is 777. The van der Waals surface area contributed by atoms with E-state index >= 15 is 0 Å². The lowest BCUT2D eigenvalue weighted by molar-refractivity contribution is -0.115. The molecule has 0 atom stereocenters. The first-order valence-corrected chi connectivity index (χ1v) is 9.01. The van der Waals surface area contributed by atoms with E-state index in [1.165, 1.54) is 35.6 Å². The lowest BCUT2D eigenvalue weighted by Crippen LogP contribution is -2.30. The van der Waals surface area contributed by atoms with Crippen LogP contribution in [-0.2, 0) is 21.4 Å². The molecule has 0 heterocycles. The Morgan fingerprint density at radius 2 is 1.71 bits per heavy atom. The van der Waals surface area contributed by atoms with Gasteiger partial charge in [-0.25, -0.2) is 17.1 Å². The summed E-state index contributed by atoms with van der Waals surface area (Å²) in [4.78, 5) is 11.8.